The summed E-state index contributed by atoms with van der Waals surface area (Å²) in [4.78, 5) is 15.0. The standard InChI is InChI=1S/C12H13F2N3O5/c13-3-1-2-12(21)8(19)7(5-18)22-10(12)17-4-6(14)9(15)16-11(17)20/h4,7-8,10,18-19,21H,3,5H2,(H2,15,16,20)/t7-,8?,10-,12-/m1/s1. The van der Waals surface area contributed by atoms with Crippen LogP contribution in [0.4, 0.5) is 14.6 Å². The molecule has 1 saturated heterocycles. The van der Waals surface area contributed by atoms with E-state index < -0.39 is 54.6 Å². The quantitative estimate of drug-likeness (QED) is 0.460. The van der Waals surface area contributed by atoms with Crippen LogP contribution in [0, 0.1) is 17.7 Å². The Balaban J connectivity index is 2.56. The highest BCUT2D eigenvalue weighted by Crippen LogP contribution is 2.37. The number of nitrogens with zero attached hydrogens (tertiary/aromatic N) is 2. The minimum Gasteiger partial charge on any atom is -0.394 e. The van der Waals surface area contributed by atoms with Crippen LogP contribution >= 0.6 is 0 Å². The molecule has 10 heteroatoms. The van der Waals surface area contributed by atoms with Crippen LogP contribution in [0.1, 0.15) is 6.23 Å². The second kappa shape index (κ2) is 5.98. The number of aromatic nitrogens is 2. The number of aliphatic hydroxyl groups excluding tert-OH is 2. The molecule has 0 radical (unpaired) electrons. The summed E-state index contributed by atoms with van der Waals surface area (Å²) in [5.41, 5.74) is 1.64. The van der Waals surface area contributed by atoms with Gasteiger partial charge >= 0.3 is 5.69 Å². The Hall–Kier alpha value is -2.06. The Morgan fingerprint density at radius 2 is 2.27 bits per heavy atom. The van der Waals surface area contributed by atoms with Crippen molar-refractivity contribution in [2.24, 2.45) is 0 Å². The van der Waals surface area contributed by atoms with Gasteiger partial charge in [0.1, 0.15) is 18.9 Å². The fourth-order valence-corrected chi connectivity index (χ4v) is 2.13. The van der Waals surface area contributed by atoms with Crippen LogP contribution in [0.5, 0.6) is 0 Å². The number of alkyl halides is 1. The van der Waals surface area contributed by atoms with Crippen LogP contribution in [0.15, 0.2) is 11.0 Å². The van der Waals surface area contributed by atoms with Gasteiger partial charge in [-0.1, -0.05) is 11.8 Å². The van der Waals surface area contributed by atoms with Gasteiger partial charge in [0.05, 0.1) is 12.8 Å². The average molecular weight is 317 g/mol. The Kier molecular flexibility index (Phi) is 4.43. The zero-order valence-corrected chi connectivity index (χ0v) is 11.1. The molecule has 22 heavy (non-hydrogen) atoms. The lowest BCUT2D eigenvalue weighted by atomic mass is 9.94. The molecule has 0 spiro atoms. The molecule has 2 rings (SSSR count). The second-order valence-electron chi connectivity index (χ2n) is 4.58. The molecule has 1 unspecified atom stereocenters. The largest absolute Gasteiger partial charge is 0.394 e. The molecule has 0 saturated carbocycles. The van der Waals surface area contributed by atoms with Crippen molar-refractivity contribution in [2.75, 3.05) is 19.0 Å². The lowest BCUT2D eigenvalue weighted by Crippen LogP contribution is -2.48. The summed E-state index contributed by atoms with van der Waals surface area (Å²) >= 11 is 0. The Morgan fingerprint density at radius 1 is 1.59 bits per heavy atom. The average Bonchev–Trinajstić information content (AvgIpc) is 2.73. The van der Waals surface area contributed by atoms with Crippen LogP contribution in [0.3, 0.4) is 0 Å². The minimum atomic E-state index is -2.44. The monoisotopic (exact) mass is 317 g/mol. The highest BCUT2D eigenvalue weighted by atomic mass is 19.1. The molecule has 1 aliphatic rings. The first-order valence-corrected chi connectivity index (χ1v) is 6.12. The van der Waals surface area contributed by atoms with E-state index in [2.05, 4.69) is 4.98 Å². The van der Waals surface area contributed by atoms with Gasteiger partial charge in [0.2, 0.25) is 0 Å². The molecule has 0 bridgehead atoms. The van der Waals surface area contributed by atoms with Crippen molar-refractivity contribution in [2.45, 2.75) is 24.0 Å². The third-order valence-electron chi connectivity index (χ3n) is 3.21. The number of rotatable bonds is 2. The zero-order chi connectivity index (χ0) is 16.5. The van der Waals surface area contributed by atoms with Crippen molar-refractivity contribution in [3.63, 3.8) is 0 Å². The maximum Gasteiger partial charge on any atom is 0.351 e. The Labute approximate surface area is 122 Å². The first kappa shape index (κ1) is 16.3. The van der Waals surface area contributed by atoms with Gasteiger partial charge in [0, 0.05) is 0 Å². The molecule has 0 aromatic carbocycles. The van der Waals surface area contributed by atoms with E-state index in [1.54, 1.807) is 0 Å². The van der Waals surface area contributed by atoms with Gasteiger partial charge in [-0.15, -0.1) is 0 Å². The lowest BCUT2D eigenvalue weighted by molar-refractivity contribution is -0.0768. The molecule has 2 heterocycles. The van der Waals surface area contributed by atoms with Crippen molar-refractivity contribution in [3.05, 3.63) is 22.5 Å². The van der Waals surface area contributed by atoms with Crippen LogP contribution < -0.4 is 11.4 Å². The van der Waals surface area contributed by atoms with Crippen molar-refractivity contribution in [1.29, 1.82) is 0 Å². The molecular weight excluding hydrogens is 304 g/mol. The molecular formula is C12H13F2N3O5. The number of ether oxygens (including phenoxy) is 1. The molecule has 1 aromatic rings. The first-order chi connectivity index (χ1) is 10.3. The third kappa shape index (κ3) is 2.55. The molecule has 4 atom stereocenters. The molecule has 0 aliphatic carbocycles. The van der Waals surface area contributed by atoms with Crippen molar-refractivity contribution >= 4 is 5.82 Å². The summed E-state index contributed by atoms with van der Waals surface area (Å²) < 4.78 is 31.4. The van der Waals surface area contributed by atoms with Gasteiger partial charge in [0.15, 0.2) is 23.5 Å². The second-order valence-corrected chi connectivity index (χ2v) is 4.58. The Morgan fingerprint density at radius 3 is 2.86 bits per heavy atom. The van der Waals surface area contributed by atoms with Crippen LogP contribution in [-0.2, 0) is 4.74 Å². The number of aliphatic hydroxyl groups is 3. The SMILES string of the molecule is Nc1nc(=O)n([C@@H]2O[C@H](CO)C(O)[C@]2(O)C#CCF)cc1F. The maximum atomic E-state index is 13.5. The summed E-state index contributed by atoms with van der Waals surface area (Å²) in [7, 11) is 0. The summed E-state index contributed by atoms with van der Waals surface area (Å²) in [6.45, 7) is -1.84. The summed E-state index contributed by atoms with van der Waals surface area (Å²) in [6.07, 6.45) is -4.15. The molecule has 1 aliphatic heterocycles. The first-order valence-electron chi connectivity index (χ1n) is 6.12. The summed E-state index contributed by atoms with van der Waals surface area (Å²) in [5, 5.41) is 29.5. The van der Waals surface area contributed by atoms with E-state index in [9.17, 15) is 23.8 Å². The van der Waals surface area contributed by atoms with Crippen LogP contribution in [0.25, 0.3) is 0 Å². The van der Waals surface area contributed by atoms with Gasteiger partial charge in [-0.05, 0) is 0 Å². The van der Waals surface area contributed by atoms with Gasteiger partial charge in [-0.3, -0.25) is 4.57 Å². The van der Waals surface area contributed by atoms with E-state index in [4.69, 9.17) is 15.6 Å². The number of hydrogen-bond donors (Lipinski definition) is 4. The summed E-state index contributed by atoms with van der Waals surface area (Å²) in [5.74, 6) is 2.22. The van der Waals surface area contributed by atoms with Gasteiger partial charge in [-0.25, -0.2) is 13.6 Å². The number of anilines is 1. The predicted molar refractivity (Wildman–Crippen MR) is 68.6 cm³/mol. The number of nitrogen functional groups attached to an aromatic ring is 1. The molecule has 1 aromatic heterocycles. The molecule has 0 amide bonds. The number of nitrogens with two attached hydrogens (primary N) is 1. The third-order valence-corrected chi connectivity index (χ3v) is 3.21. The van der Waals surface area contributed by atoms with E-state index in [0.29, 0.717) is 10.8 Å². The highest BCUT2D eigenvalue weighted by Gasteiger charge is 2.56. The van der Waals surface area contributed by atoms with E-state index in [1.165, 1.54) is 0 Å². The summed E-state index contributed by atoms with van der Waals surface area (Å²) in [6, 6.07) is 0. The van der Waals surface area contributed by atoms with E-state index in [-0.39, 0.29) is 0 Å². The predicted octanol–water partition coefficient (Wildman–Crippen LogP) is -2.08. The molecule has 1 fully saturated rings. The molecule has 8 nitrogen and oxygen atoms in total. The van der Waals surface area contributed by atoms with Gasteiger partial charge in [-0.2, -0.15) is 4.98 Å². The number of hydrogen-bond acceptors (Lipinski definition) is 7. The topological polar surface area (TPSA) is 131 Å². The lowest BCUT2D eigenvalue weighted by Gasteiger charge is -2.26. The normalized spacial score (nSPS) is 30.9. The van der Waals surface area contributed by atoms with E-state index >= 15 is 0 Å². The fraction of sp³-hybridized carbons (Fsp3) is 0.500. The molecule has 120 valence electrons. The van der Waals surface area contributed by atoms with Crippen LogP contribution in [-0.4, -0.2) is 56.0 Å². The van der Waals surface area contributed by atoms with E-state index in [1.807, 2.05) is 11.8 Å². The number of halogens is 2. The minimum absolute atomic E-state index is 0.525. The van der Waals surface area contributed by atoms with Crippen molar-refractivity contribution < 1.29 is 28.8 Å². The molecule has 5 N–H and O–H groups in total. The fourth-order valence-electron chi connectivity index (χ4n) is 2.13. The van der Waals surface area contributed by atoms with Crippen molar-refractivity contribution in [3.8, 4) is 11.8 Å². The Bertz CT molecular complexity index is 686. The van der Waals surface area contributed by atoms with Gasteiger partial charge < -0.3 is 25.8 Å². The maximum absolute atomic E-state index is 13.5. The van der Waals surface area contributed by atoms with Gasteiger partial charge in [0.25, 0.3) is 0 Å². The van der Waals surface area contributed by atoms with Crippen molar-refractivity contribution in [1.82, 2.24) is 9.55 Å². The highest BCUT2D eigenvalue weighted by molar-refractivity contribution is 5.28. The smallest absolute Gasteiger partial charge is 0.351 e. The zero-order valence-electron chi connectivity index (χ0n) is 11.1. The van der Waals surface area contributed by atoms with E-state index in [0.717, 1.165) is 0 Å². The van der Waals surface area contributed by atoms with Crippen LogP contribution in [0.2, 0.25) is 0 Å².